The number of benzene rings is 1. The predicted molar refractivity (Wildman–Crippen MR) is 52.4 cm³/mol. The van der Waals surface area contributed by atoms with Crippen LogP contribution in [0.3, 0.4) is 0 Å². The minimum Gasteiger partial charge on any atom is -0.508 e. The molecule has 1 aromatic rings. The summed E-state index contributed by atoms with van der Waals surface area (Å²) in [6.07, 6.45) is 0. The van der Waals surface area contributed by atoms with E-state index < -0.39 is 5.09 Å². The van der Waals surface area contributed by atoms with Gasteiger partial charge in [-0.1, -0.05) is 0 Å². The Hall–Kier alpha value is -2.51. The quantitative estimate of drug-likeness (QED) is 0.223. The maximum atomic E-state index is 8.88. The minimum atomic E-state index is -1.50. The molecule has 0 radical (unpaired) electrons. The molecule has 0 spiro atoms. The van der Waals surface area contributed by atoms with Crippen LogP contribution in [0.4, 0.5) is 5.69 Å². The van der Waals surface area contributed by atoms with E-state index in [1.807, 2.05) is 0 Å². The van der Waals surface area contributed by atoms with Gasteiger partial charge in [0.15, 0.2) is 5.96 Å². The second kappa shape index (κ2) is 6.02. The summed E-state index contributed by atoms with van der Waals surface area (Å²) in [5.74, 6) is 0.204. The molecule has 0 saturated carbocycles. The van der Waals surface area contributed by atoms with Crippen molar-refractivity contribution < 1.29 is 15.4 Å². The van der Waals surface area contributed by atoms with Crippen LogP contribution in [0, 0.1) is 10.1 Å². The second-order valence-electron chi connectivity index (χ2n) is 2.29. The van der Waals surface area contributed by atoms with Crippen molar-refractivity contribution in [3.63, 3.8) is 0 Å². The number of rotatable bonds is 1. The molecule has 1 aromatic carbocycles. The summed E-state index contributed by atoms with van der Waals surface area (Å²) in [5.41, 5.74) is 10.9. The van der Waals surface area contributed by atoms with Crippen molar-refractivity contribution in [2.45, 2.75) is 0 Å². The van der Waals surface area contributed by atoms with E-state index in [2.05, 4.69) is 4.99 Å². The normalized spacial score (nSPS) is 8.27. The van der Waals surface area contributed by atoms with E-state index in [9.17, 15) is 0 Å². The molecule has 6 N–H and O–H groups in total. The average molecular weight is 214 g/mol. The van der Waals surface area contributed by atoms with Crippen molar-refractivity contribution in [2.75, 3.05) is 0 Å². The number of aliphatic imine (C=N–C) groups is 1. The van der Waals surface area contributed by atoms with Gasteiger partial charge in [-0.05, 0) is 24.3 Å². The number of nitrogens with two attached hydrogens (primary N) is 2. The maximum Gasteiger partial charge on any atom is 0.291 e. The zero-order valence-corrected chi connectivity index (χ0v) is 7.57. The van der Waals surface area contributed by atoms with Crippen molar-refractivity contribution in [3.8, 4) is 5.75 Å². The first-order valence-corrected chi connectivity index (χ1v) is 3.63. The Balaban J connectivity index is 0.000000423. The van der Waals surface area contributed by atoms with Crippen LogP contribution in [0.1, 0.15) is 0 Å². The molecule has 15 heavy (non-hydrogen) atoms. The Morgan fingerprint density at radius 3 is 2.07 bits per heavy atom. The summed E-state index contributed by atoms with van der Waals surface area (Å²) < 4.78 is 0. The van der Waals surface area contributed by atoms with Gasteiger partial charge >= 0.3 is 0 Å². The zero-order chi connectivity index (χ0) is 11.8. The van der Waals surface area contributed by atoms with E-state index in [4.69, 9.17) is 31.9 Å². The fourth-order valence-corrected chi connectivity index (χ4v) is 0.676. The third-order valence-electron chi connectivity index (χ3n) is 1.11. The molecule has 0 heterocycles. The lowest BCUT2D eigenvalue weighted by atomic mass is 10.3. The van der Waals surface area contributed by atoms with Gasteiger partial charge in [0.05, 0.1) is 5.69 Å². The lowest BCUT2D eigenvalue weighted by molar-refractivity contribution is -0.742. The van der Waals surface area contributed by atoms with E-state index in [1.165, 1.54) is 12.1 Å². The highest BCUT2D eigenvalue weighted by Gasteiger charge is 1.89. The third-order valence-corrected chi connectivity index (χ3v) is 1.11. The van der Waals surface area contributed by atoms with Gasteiger partial charge in [0.25, 0.3) is 5.09 Å². The van der Waals surface area contributed by atoms with Gasteiger partial charge in [-0.2, -0.15) is 0 Å². The molecule has 0 saturated heterocycles. The number of guanidine groups is 1. The van der Waals surface area contributed by atoms with Gasteiger partial charge in [-0.3, -0.25) is 0 Å². The molecule has 0 aliphatic heterocycles. The minimum absolute atomic E-state index is 0.00990. The van der Waals surface area contributed by atoms with Crippen LogP contribution in [0.15, 0.2) is 29.3 Å². The number of phenols is 1. The Morgan fingerprint density at radius 1 is 1.33 bits per heavy atom. The number of aromatic hydroxyl groups is 1. The van der Waals surface area contributed by atoms with Crippen molar-refractivity contribution in [1.29, 1.82) is 0 Å². The molecule has 8 heteroatoms. The Labute approximate surface area is 84.6 Å². The van der Waals surface area contributed by atoms with Gasteiger partial charge in [0, 0.05) is 0 Å². The van der Waals surface area contributed by atoms with Crippen LogP contribution in [-0.2, 0) is 0 Å². The highest BCUT2D eigenvalue weighted by Crippen LogP contribution is 2.15. The lowest BCUT2D eigenvalue weighted by Crippen LogP contribution is -2.21. The molecule has 1 rings (SSSR count). The predicted octanol–water partition coefficient (Wildman–Crippen LogP) is -0.0506. The average Bonchev–Trinajstić information content (AvgIpc) is 2.07. The molecular formula is C7H10N4O4. The first kappa shape index (κ1) is 12.5. The van der Waals surface area contributed by atoms with E-state index in [0.29, 0.717) is 5.69 Å². The fourth-order valence-electron chi connectivity index (χ4n) is 0.676. The molecule has 0 amide bonds. The molecule has 0 aromatic heterocycles. The van der Waals surface area contributed by atoms with Crippen LogP contribution in [0.5, 0.6) is 5.75 Å². The summed E-state index contributed by atoms with van der Waals surface area (Å²) in [7, 11) is 0. The number of nitrogens with zero attached hydrogens (tertiary/aromatic N) is 2. The Morgan fingerprint density at radius 2 is 1.73 bits per heavy atom. The molecule has 82 valence electrons. The largest absolute Gasteiger partial charge is 0.508 e. The number of hydrogen-bond acceptors (Lipinski definition) is 4. The molecule has 0 atom stereocenters. The summed E-state index contributed by atoms with van der Waals surface area (Å²) in [6, 6.07) is 6.27. The van der Waals surface area contributed by atoms with Crippen molar-refractivity contribution >= 4 is 11.6 Å². The van der Waals surface area contributed by atoms with Crippen LogP contribution < -0.4 is 11.5 Å². The van der Waals surface area contributed by atoms with Gasteiger partial charge in [-0.25, -0.2) is 4.99 Å². The molecule has 8 nitrogen and oxygen atoms in total. The second-order valence-corrected chi connectivity index (χ2v) is 2.29. The maximum absolute atomic E-state index is 8.88. The Bertz CT molecular complexity index is 341. The van der Waals surface area contributed by atoms with Gasteiger partial charge in [0.2, 0.25) is 0 Å². The Kier molecular flexibility index (Phi) is 5.01. The molecule has 0 aliphatic rings. The van der Waals surface area contributed by atoms with Crippen LogP contribution in [0.25, 0.3) is 0 Å². The lowest BCUT2D eigenvalue weighted by Gasteiger charge is -1.94. The highest BCUT2D eigenvalue weighted by atomic mass is 16.9. The summed E-state index contributed by atoms with van der Waals surface area (Å²) in [5, 5.41) is 22.5. The fraction of sp³-hybridized carbons (Fsp3) is 0. The first-order valence-electron chi connectivity index (χ1n) is 3.63. The van der Waals surface area contributed by atoms with E-state index in [1.54, 1.807) is 12.1 Å². The smallest absolute Gasteiger partial charge is 0.291 e. The molecule has 0 fully saturated rings. The first-order chi connectivity index (χ1) is 6.91. The van der Waals surface area contributed by atoms with Crippen LogP contribution >= 0.6 is 0 Å². The highest BCUT2D eigenvalue weighted by molar-refractivity contribution is 5.78. The van der Waals surface area contributed by atoms with Gasteiger partial charge in [0.1, 0.15) is 5.75 Å². The number of hydrogen-bond donors (Lipinski definition) is 4. The molecule has 0 unspecified atom stereocenters. The van der Waals surface area contributed by atoms with Gasteiger partial charge < -0.3 is 21.8 Å². The standard InChI is InChI=1S/C7H9N3O.HNO3/c8-7(9)10-5-1-3-6(11)4-2-5;2-1(3)4/h1-4,11H,(H4,8,9,10);(H,2,3,4). The topological polar surface area (TPSA) is 148 Å². The SMILES string of the molecule is NC(N)=Nc1ccc(O)cc1.O=[N+]([O-])O. The molecular weight excluding hydrogens is 204 g/mol. The van der Waals surface area contributed by atoms with E-state index in [-0.39, 0.29) is 11.7 Å². The monoisotopic (exact) mass is 214 g/mol. The molecule has 0 aliphatic carbocycles. The summed E-state index contributed by atoms with van der Waals surface area (Å²) in [4.78, 5) is 12.1. The van der Waals surface area contributed by atoms with Crippen LogP contribution in [-0.4, -0.2) is 21.4 Å². The van der Waals surface area contributed by atoms with Gasteiger partial charge in [-0.15, -0.1) is 10.1 Å². The number of phenolic OH excluding ortho intramolecular Hbond substituents is 1. The summed E-state index contributed by atoms with van der Waals surface area (Å²) in [6.45, 7) is 0. The molecule has 0 bridgehead atoms. The zero-order valence-electron chi connectivity index (χ0n) is 7.57. The van der Waals surface area contributed by atoms with E-state index in [0.717, 1.165) is 0 Å². The summed E-state index contributed by atoms with van der Waals surface area (Å²) >= 11 is 0. The van der Waals surface area contributed by atoms with Crippen molar-refractivity contribution in [1.82, 2.24) is 0 Å². The third kappa shape index (κ3) is 7.84. The van der Waals surface area contributed by atoms with Crippen molar-refractivity contribution in [2.24, 2.45) is 16.5 Å². The van der Waals surface area contributed by atoms with Crippen LogP contribution in [0.2, 0.25) is 0 Å². The van der Waals surface area contributed by atoms with Crippen molar-refractivity contribution in [3.05, 3.63) is 34.4 Å². The van der Waals surface area contributed by atoms with E-state index >= 15 is 0 Å².